The van der Waals surface area contributed by atoms with E-state index in [4.69, 9.17) is 5.26 Å². The van der Waals surface area contributed by atoms with Crippen LogP contribution in [0.3, 0.4) is 0 Å². The fourth-order valence-electron chi connectivity index (χ4n) is 0.593. The van der Waals surface area contributed by atoms with Crippen molar-refractivity contribution in [2.75, 3.05) is 0 Å². The summed E-state index contributed by atoms with van der Waals surface area (Å²) in [4.78, 5) is 0. The molecular weight excluding hydrogens is 214 g/mol. The van der Waals surface area contributed by atoms with Crippen LogP contribution >= 0.6 is 0 Å². The van der Waals surface area contributed by atoms with Crippen LogP contribution in [0.25, 0.3) is 0 Å². The third-order valence-electron chi connectivity index (χ3n) is 1.10. The van der Waals surface area contributed by atoms with Crippen molar-refractivity contribution >= 4 is 0 Å². The molecule has 2 rings (SSSR count). The van der Waals surface area contributed by atoms with E-state index in [0.717, 1.165) is 5.56 Å². The fraction of sp³-hybridized carbons (Fsp3) is 0.0833. The molecule has 0 atom stereocenters. The summed E-state index contributed by atoms with van der Waals surface area (Å²) < 4.78 is 0. The first kappa shape index (κ1) is 12.7. The molecule has 0 saturated carbocycles. The predicted octanol–water partition coefficient (Wildman–Crippen LogP) is 1.28. The van der Waals surface area contributed by atoms with E-state index in [9.17, 15) is 0 Å². The summed E-state index contributed by atoms with van der Waals surface area (Å²) >= 11 is 0. The Balaban J connectivity index is 0.000000246. The molecule has 0 unspecified atom stereocenters. The Bertz CT molecular complexity index is 310. The van der Waals surface area contributed by atoms with Crippen molar-refractivity contribution in [3.05, 3.63) is 60.2 Å². The predicted molar refractivity (Wildman–Crippen MR) is 44.1 cm³/mol. The quantitative estimate of drug-likeness (QED) is 0.521. The van der Waals surface area contributed by atoms with Crippen molar-refractivity contribution in [1.82, 2.24) is 0 Å². The Labute approximate surface area is 95.2 Å². The normalized spacial score (nSPS) is 7.64. The van der Waals surface area contributed by atoms with E-state index in [-0.39, 0.29) is 17.1 Å². The van der Waals surface area contributed by atoms with Gasteiger partial charge >= 0.3 is 0 Å². The first-order valence-corrected chi connectivity index (χ1v) is 3.51. The molecule has 2 aromatic rings. The minimum atomic E-state index is 0. The maximum Gasteiger partial charge on any atom is 0.0278 e. The maximum atomic E-state index is 8.12. The number of hydrogen-bond acceptors (Lipinski definition) is 1. The molecule has 0 heterocycles. The monoisotopic (exact) mass is 217 g/mol. The molecule has 0 radical (unpaired) electrons. The molecule has 0 aliphatic carbocycles. The van der Waals surface area contributed by atoms with Crippen molar-refractivity contribution < 1.29 is 17.1 Å². The molecule has 14 heavy (non-hydrogen) atoms. The van der Waals surface area contributed by atoms with Gasteiger partial charge in [0.1, 0.15) is 0 Å². The third-order valence-corrected chi connectivity index (χ3v) is 1.10. The van der Waals surface area contributed by atoms with E-state index >= 15 is 0 Å². The van der Waals surface area contributed by atoms with E-state index in [1.807, 2.05) is 6.07 Å². The Morgan fingerprint density at radius 3 is 2.00 bits per heavy atom. The molecular formula is C12H3FeN-10. The van der Waals surface area contributed by atoms with Gasteiger partial charge in [-0.1, -0.05) is 0 Å². The van der Waals surface area contributed by atoms with Crippen molar-refractivity contribution in [2.45, 2.75) is 6.42 Å². The van der Waals surface area contributed by atoms with Crippen molar-refractivity contribution in [3.8, 4) is 6.07 Å². The van der Waals surface area contributed by atoms with E-state index in [1.54, 1.807) is 6.07 Å². The van der Waals surface area contributed by atoms with Crippen LogP contribution in [0.1, 0.15) is 5.56 Å². The second kappa shape index (κ2) is 8.31. The van der Waals surface area contributed by atoms with Crippen LogP contribution in [0.15, 0.2) is 6.07 Å². The summed E-state index contributed by atoms with van der Waals surface area (Å²) in [5.41, 5.74) is 0.743. The summed E-state index contributed by atoms with van der Waals surface area (Å²) in [7, 11) is 0. The van der Waals surface area contributed by atoms with Crippen LogP contribution in [-0.2, 0) is 23.5 Å². The van der Waals surface area contributed by atoms with Crippen molar-refractivity contribution in [2.24, 2.45) is 0 Å². The van der Waals surface area contributed by atoms with Gasteiger partial charge in [0.15, 0.2) is 0 Å². The summed E-state index contributed by atoms with van der Waals surface area (Å²) in [5, 5.41) is 8.12. The largest absolute Gasteiger partial charge is 0.999 e. The smallest absolute Gasteiger partial charge is 0.0278 e. The van der Waals surface area contributed by atoms with Crippen LogP contribution in [-0.4, -0.2) is 0 Å². The zero-order valence-electron chi connectivity index (χ0n) is 7.09. The average molecular weight is 217 g/mol. The maximum absolute atomic E-state index is 8.12. The molecule has 0 aromatic heterocycles. The summed E-state index contributed by atoms with van der Waals surface area (Å²) in [5.74, 6) is 0. The third kappa shape index (κ3) is 5.37. The Morgan fingerprint density at radius 1 is 1.07 bits per heavy atom. The number of rotatable bonds is 1. The fourth-order valence-corrected chi connectivity index (χ4v) is 0.593. The van der Waals surface area contributed by atoms with Gasteiger partial charge in [-0.05, 0) is 0 Å². The van der Waals surface area contributed by atoms with Gasteiger partial charge in [0.05, 0.1) is 0 Å². The van der Waals surface area contributed by atoms with Crippen LogP contribution in [0.5, 0.6) is 0 Å². The van der Waals surface area contributed by atoms with Gasteiger partial charge in [-0.2, -0.15) is 0 Å². The van der Waals surface area contributed by atoms with E-state index in [1.165, 1.54) is 0 Å². The molecule has 0 aliphatic heterocycles. The molecule has 0 aliphatic rings. The molecule has 2 aromatic carbocycles. The van der Waals surface area contributed by atoms with Gasteiger partial charge in [-0.25, -0.2) is 5.26 Å². The molecule has 1 nitrogen and oxygen atoms in total. The molecule has 2 heteroatoms. The SMILES string of the molecule is N#CC[c-]1[c-][c-][c-][c-]1.[Fe].[c-]1[c-][c-][cH-][c-]1. The molecule has 0 spiro atoms. The molecule has 0 fully saturated rings. The topological polar surface area (TPSA) is 23.8 Å². The minimum Gasteiger partial charge on any atom is -0.999 e. The second-order valence-corrected chi connectivity index (χ2v) is 2.00. The van der Waals surface area contributed by atoms with Gasteiger partial charge in [0, 0.05) is 23.1 Å². The number of hydrogen-bond donors (Lipinski definition) is 0. The van der Waals surface area contributed by atoms with Gasteiger partial charge < -0.3 is 60.2 Å². The Hall–Kier alpha value is -1.29. The molecule has 0 N–H and O–H groups in total. The summed E-state index contributed by atoms with van der Waals surface area (Å²) in [6.07, 6.45) is 0.361. The molecule has 0 amide bonds. The first-order chi connectivity index (χ1) is 6.43. The van der Waals surface area contributed by atoms with Gasteiger partial charge in [-0.3, -0.25) is 0 Å². The zero-order valence-corrected chi connectivity index (χ0v) is 8.19. The van der Waals surface area contributed by atoms with Crippen LogP contribution in [0.2, 0.25) is 0 Å². The van der Waals surface area contributed by atoms with Crippen molar-refractivity contribution in [3.63, 3.8) is 0 Å². The van der Waals surface area contributed by atoms with E-state index < -0.39 is 0 Å². The second-order valence-electron chi connectivity index (χ2n) is 2.00. The zero-order chi connectivity index (χ0) is 9.36. The number of nitriles is 1. The Morgan fingerprint density at radius 2 is 1.64 bits per heavy atom. The molecule has 0 saturated heterocycles. The number of nitrogens with zero attached hydrogens (tertiary/aromatic N) is 1. The van der Waals surface area contributed by atoms with Gasteiger partial charge in [0.2, 0.25) is 0 Å². The minimum absolute atomic E-state index is 0. The van der Waals surface area contributed by atoms with Gasteiger partial charge in [-0.15, -0.1) is 6.42 Å². The van der Waals surface area contributed by atoms with Crippen LogP contribution in [0, 0.1) is 59.9 Å². The molecule has 74 valence electrons. The van der Waals surface area contributed by atoms with Crippen LogP contribution in [0.4, 0.5) is 0 Å². The van der Waals surface area contributed by atoms with Crippen molar-refractivity contribution in [1.29, 1.82) is 5.26 Å². The standard InChI is InChI=1S/C7H2N.C5H.Fe/c8-6-5-7-3-1-2-4-7;1-2-4-5-3-1;/h5H2;1H;/q2*-5;. The van der Waals surface area contributed by atoms with E-state index in [2.05, 4.69) is 48.5 Å². The molecule has 0 bridgehead atoms. The summed E-state index contributed by atoms with van der Waals surface area (Å²) in [6, 6.07) is 24.4. The van der Waals surface area contributed by atoms with Gasteiger partial charge in [0.25, 0.3) is 0 Å². The van der Waals surface area contributed by atoms with E-state index in [0.29, 0.717) is 6.42 Å². The average Bonchev–Trinajstić information content (AvgIpc) is 2.79. The van der Waals surface area contributed by atoms with Crippen LogP contribution < -0.4 is 0 Å². The first-order valence-electron chi connectivity index (χ1n) is 3.51. The Kier molecular flexibility index (Phi) is 7.55. The summed E-state index contributed by atoms with van der Waals surface area (Å²) in [6.45, 7) is 0.